The highest BCUT2D eigenvalue weighted by Gasteiger charge is 2.16. The minimum atomic E-state index is -0.399. The second-order valence-electron chi connectivity index (χ2n) is 4.80. The summed E-state index contributed by atoms with van der Waals surface area (Å²) in [5.74, 6) is 1.27. The molecule has 22 heavy (non-hydrogen) atoms. The number of furan rings is 1. The van der Waals surface area contributed by atoms with Gasteiger partial charge < -0.3 is 18.5 Å². The molecule has 0 fully saturated rings. The molecule has 1 aliphatic heterocycles. The van der Waals surface area contributed by atoms with Crippen molar-refractivity contribution in [2.75, 3.05) is 13.2 Å². The Bertz CT molecular complexity index is 921. The highest BCUT2D eigenvalue weighted by atomic mass is 32.1. The molecule has 1 aliphatic rings. The molecule has 0 saturated carbocycles. The van der Waals surface area contributed by atoms with Gasteiger partial charge in [0.1, 0.15) is 13.2 Å². The molecule has 0 radical (unpaired) electrons. The van der Waals surface area contributed by atoms with Gasteiger partial charge in [0.25, 0.3) is 0 Å². The molecule has 0 atom stereocenters. The molecule has 0 unspecified atom stereocenters. The van der Waals surface area contributed by atoms with Gasteiger partial charge in [-0.25, -0.2) is 0 Å². The van der Waals surface area contributed by atoms with Crippen molar-refractivity contribution >= 4 is 27.5 Å². The quantitative estimate of drug-likeness (QED) is 0.691. The van der Waals surface area contributed by atoms with Crippen molar-refractivity contribution in [1.82, 2.24) is 4.57 Å². The molecule has 0 saturated heterocycles. The summed E-state index contributed by atoms with van der Waals surface area (Å²) in [6.45, 7) is 1.09. The van der Waals surface area contributed by atoms with E-state index in [2.05, 4.69) is 4.99 Å². The summed E-state index contributed by atoms with van der Waals surface area (Å²) < 4.78 is 19.1. The van der Waals surface area contributed by atoms with E-state index >= 15 is 0 Å². The predicted molar refractivity (Wildman–Crippen MR) is 80.4 cm³/mol. The first-order valence-electron chi connectivity index (χ1n) is 6.74. The van der Waals surface area contributed by atoms with Crippen LogP contribution in [0, 0.1) is 0 Å². The first-order chi connectivity index (χ1) is 10.7. The number of hydrogen-bond donors (Lipinski definition) is 0. The van der Waals surface area contributed by atoms with Crippen molar-refractivity contribution in [2.24, 2.45) is 12.0 Å². The van der Waals surface area contributed by atoms with Gasteiger partial charge in [-0.2, -0.15) is 4.99 Å². The van der Waals surface area contributed by atoms with Gasteiger partial charge in [-0.05, 0) is 12.1 Å². The van der Waals surface area contributed by atoms with Gasteiger partial charge in [0.05, 0.1) is 16.5 Å². The predicted octanol–water partition coefficient (Wildman–Crippen LogP) is 2.35. The third kappa shape index (κ3) is 2.10. The number of ether oxygens (including phenoxy) is 2. The summed E-state index contributed by atoms with van der Waals surface area (Å²) in [5, 5.41) is 0. The number of nitrogens with zero attached hydrogens (tertiary/aromatic N) is 2. The molecule has 0 N–H and O–H groups in total. The summed E-state index contributed by atoms with van der Waals surface area (Å²) in [6, 6.07) is 7.09. The van der Waals surface area contributed by atoms with E-state index in [0.717, 1.165) is 21.7 Å². The maximum atomic E-state index is 12.0. The SMILES string of the molecule is Cn1c(=NC(=O)c2ccco2)sc2cc3c(cc21)OCCO3. The lowest BCUT2D eigenvalue weighted by Gasteiger charge is -2.18. The highest BCUT2D eigenvalue weighted by molar-refractivity contribution is 7.16. The number of thiazole rings is 1. The molecule has 1 amide bonds. The fourth-order valence-electron chi connectivity index (χ4n) is 2.31. The Kier molecular flexibility index (Phi) is 3.00. The molecule has 4 rings (SSSR count). The molecular weight excluding hydrogens is 304 g/mol. The number of aromatic nitrogens is 1. The number of rotatable bonds is 1. The van der Waals surface area contributed by atoms with E-state index in [-0.39, 0.29) is 5.76 Å². The molecule has 2 aromatic heterocycles. The van der Waals surface area contributed by atoms with E-state index < -0.39 is 5.91 Å². The number of fused-ring (bicyclic) bond motifs is 2. The van der Waals surface area contributed by atoms with E-state index in [0.29, 0.717) is 18.0 Å². The average molecular weight is 316 g/mol. The summed E-state index contributed by atoms with van der Waals surface area (Å²) in [7, 11) is 1.86. The van der Waals surface area contributed by atoms with Crippen molar-refractivity contribution < 1.29 is 18.7 Å². The zero-order valence-electron chi connectivity index (χ0n) is 11.7. The lowest BCUT2D eigenvalue weighted by atomic mass is 10.3. The van der Waals surface area contributed by atoms with Gasteiger partial charge in [-0.1, -0.05) is 11.3 Å². The van der Waals surface area contributed by atoms with Crippen LogP contribution in [-0.2, 0) is 7.05 Å². The highest BCUT2D eigenvalue weighted by Crippen LogP contribution is 2.35. The van der Waals surface area contributed by atoms with Crippen LogP contribution in [0.15, 0.2) is 39.9 Å². The standard InChI is InChI=1S/C15H12N2O4S/c1-17-9-7-11-12(21-6-5-20-11)8-13(9)22-15(17)16-14(18)10-3-2-4-19-10/h2-4,7-8H,5-6H2,1H3. The lowest BCUT2D eigenvalue weighted by Crippen LogP contribution is -2.15. The van der Waals surface area contributed by atoms with Gasteiger partial charge in [0.2, 0.25) is 0 Å². The number of aryl methyl sites for hydroxylation is 1. The number of hydrogen-bond acceptors (Lipinski definition) is 5. The van der Waals surface area contributed by atoms with E-state index in [1.165, 1.54) is 17.6 Å². The summed E-state index contributed by atoms with van der Waals surface area (Å²) in [4.78, 5) is 16.8. The molecule has 6 nitrogen and oxygen atoms in total. The monoisotopic (exact) mass is 316 g/mol. The van der Waals surface area contributed by atoms with Crippen LogP contribution in [0.25, 0.3) is 10.2 Å². The number of carbonyl (C=O) groups is 1. The van der Waals surface area contributed by atoms with Gasteiger partial charge in [-0.3, -0.25) is 4.79 Å². The average Bonchev–Trinajstić information content (AvgIpc) is 3.15. The van der Waals surface area contributed by atoms with Crippen LogP contribution in [0.1, 0.15) is 10.6 Å². The van der Waals surface area contributed by atoms with Crippen LogP contribution in [0.2, 0.25) is 0 Å². The van der Waals surface area contributed by atoms with Crippen LogP contribution < -0.4 is 14.3 Å². The van der Waals surface area contributed by atoms with Gasteiger partial charge in [-0.15, -0.1) is 0 Å². The maximum Gasteiger partial charge on any atom is 0.315 e. The fraction of sp³-hybridized carbons (Fsp3) is 0.200. The van der Waals surface area contributed by atoms with Crippen LogP contribution in [0.5, 0.6) is 11.5 Å². The van der Waals surface area contributed by atoms with E-state index in [4.69, 9.17) is 13.9 Å². The third-order valence-corrected chi connectivity index (χ3v) is 4.50. The second-order valence-corrected chi connectivity index (χ2v) is 5.81. The van der Waals surface area contributed by atoms with Crippen molar-refractivity contribution in [3.63, 3.8) is 0 Å². The molecular formula is C15H12N2O4S. The summed E-state index contributed by atoms with van der Waals surface area (Å²) in [5.41, 5.74) is 0.945. The van der Waals surface area contributed by atoms with Crippen molar-refractivity contribution in [1.29, 1.82) is 0 Å². The smallest absolute Gasteiger partial charge is 0.315 e. The van der Waals surface area contributed by atoms with Gasteiger partial charge >= 0.3 is 5.91 Å². The Morgan fingerprint density at radius 3 is 2.77 bits per heavy atom. The van der Waals surface area contributed by atoms with Gasteiger partial charge in [0.15, 0.2) is 22.1 Å². The van der Waals surface area contributed by atoms with E-state index in [9.17, 15) is 4.79 Å². The van der Waals surface area contributed by atoms with Crippen LogP contribution in [0.4, 0.5) is 0 Å². The summed E-state index contributed by atoms with van der Waals surface area (Å²) in [6.07, 6.45) is 1.45. The van der Waals surface area contributed by atoms with E-state index in [1.54, 1.807) is 12.1 Å². The van der Waals surface area contributed by atoms with Crippen molar-refractivity contribution in [2.45, 2.75) is 0 Å². The largest absolute Gasteiger partial charge is 0.486 e. The van der Waals surface area contributed by atoms with Crippen LogP contribution >= 0.6 is 11.3 Å². The number of benzene rings is 1. The van der Waals surface area contributed by atoms with Crippen molar-refractivity contribution in [3.05, 3.63) is 41.1 Å². The third-order valence-electron chi connectivity index (χ3n) is 3.40. The van der Waals surface area contributed by atoms with Crippen LogP contribution in [0.3, 0.4) is 0 Å². The molecule has 3 heterocycles. The number of carbonyl (C=O) groups excluding carboxylic acids is 1. The van der Waals surface area contributed by atoms with E-state index in [1.807, 2.05) is 23.7 Å². The Morgan fingerprint density at radius 1 is 1.27 bits per heavy atom. The lowest BCUT2D eigenvalue weighted by molar-refractivity contribution is 0.0971. The van der Waals surface area contributed by atoms with Crippen molar-refractivity contribution in [3.8, 4) is 11.5 Å². The first-order valence-corrected chi connectivity index (χ1v) is 7.56. The minimum absolute atomic E-state index is 0.225. The Morgan fingerprint density at radius 2 is 2.05 bits per heavy atom. The first kappa shape index (κ1) is 13.1. The zero-order valence-corrected chi connectivity index (χ0v) is 12.6. The molecule has 3 aromatic rings. The molecule has 112 valence electrons. The Hall–Kier alpha value is -2.54. The Labute approximate surface area is 129 Å². The number of amides is 1. The van der Waals surface area contributed by atoms with Crippen LogP contribution in [-0.4, -0.2) is 23.7 Å². The summed E-state index contributed by atoms with van der Waals surface area (Å²) >= 11 is 1.42. The van der Waals surface area contributed by atoms with Gasteiger partial charge in [0, 0.05) is 19.2 Å². The second kappa shape index (κ2) is 5.03. The normalized spacial score (nSPS) is 14.5. The molecule has 1 aromatic carbocycles. The fourth-order valence-corrected chi connectivity index (χ4v) is 3.34. The minimum Gasteiger partial charge on any atom is -0.486 e. The topological polar surface area (TPSA) is 66.0 Å². The zero-order chi connectivity index (χ0) is 15.1. The molecule has 0 aliphatic carbocycles. The molecule has 0 spiro atoms. The molecule has 7 heteroatoms. The Balaban J connectivity index is 1.85. The maximum absolute atomic E-state index is 12.0. The molecule has 0 bridgehead atoms.